The van der Waals surface area contributed by atoms with Crippen LogP contribution in [-0.2, 0) is 9.59 Å². The van der Waals surface area contributed by atoms with Crippen molar-refractivity contribution in [1.82, 2.24) is 10.2 Å². The number of rotatable bonds is 3. The molecule has 1 aromatic rings. The third kappa shape index (κ3) is 1.65. The van der Waals surface area contributed by atoms with Crippen LogP contribution in [0.15, 0.2) is 17.5 Å². The minimum atomic E-state index is -1.23. The van der Waals surface area contributed by atoms with Gasteiger partial charge in [0.2, 0.25) is 0 Å². The van der Waals surface area contributed by atoms with E-state index in [1.165, 1.54) is 11.3 Å². The number of carboxylic acid groups (broad SMARTS) is 1. The van der Waals surface area contributed by atoms with Crippen molar-refractivity contribution in [3.8, 4) is 0 Å². The number of carboxylic acids is 1. The molecule has 0 saturated carbocycles. The minimum absolute atomic E-state index is 0.145. The first-order valence-electron chi connectivity index (χ1n) is 4.47. The molecule has 0 bridgehead atoms. The summed E-state index contributed by atoms with van der Waals surface area (Å²) in [6, 6.07) is 1.37. The maximum Gasteiger partial charge on any atom is 0.332 e. The number of urea groups is 1. The molecule has 1 unspecified atom stereocenters. The van der Waals surface area contributed by atoms with Gasteiger partial charge >= 0.3 is 12.0 Å². The zero-order chi connectivity index (χ0) is 11.7. The number of carbonyl (C=O) groups is 3. The molecule has 6 nitrogen and oxygen atoms in total. The van der Waals surface area contributed by atoms with E-state index >= 15 is 0 Å². The molecule has 7 heteroatoms. The Balaban J connectivity index is 2.37. The first-order valence-corrected chi connectivity index (χ1v) is 5.35. The number of nitrogens with one attached hydrogen (secondary N) is 1. The van der Waals surface area contributed by atoms with Gasteiger partial charge in [0.15, 0.2) is 6.04 Å². The van der Waals surface area contributed by atoms with Crippen molar-refractivity contribution in [1.29, 1.82) is 0 Å². The smallest absolute Gasteiger partial charge is 0.332 e. The highest BCUT2D eigenvalue weighted by atomic mass is 32.1. The summed E-state index contributed by atoms with van der Waals surface area (Å²) in [5.74, 6) is -1.74. The molecule has 1 aromatic heterocycles. The summed E-state index contributed by atoms with van der Waals surface area (Å²) in [6.07, 6.45) is 0. The molecule has 1 aliphatic heterocycles. The van der Waals surface area contributed by atoms with Crippen molar-refractivity contribution < 1.29 is 19.5 Å². The first-order chi connectivity index (χ1) is 7.61. The maximum absolute atomic E-state index is 11.4. The third-order valence-electron chi connectivity index (χ3n) is 2.18. The lowest BCUT2D eigenvalue weighted by Crippen LogP contribution is -2.38. The van der Waals surface area contributed by atoms with Crippen LogP contribution >= 0.6 is 11.3 Å². The van der Waals surface area contributed by atoms with Crippen molar-refractivity contribution in [3.05, 3.63) is 22.4 Å². The Morgan fingerprint density at radius 3 is 2.75 bits per heavy atom. The predicted octanol–water partition coefficient (Wildman–Crippen LogP) is 0.426. The van der Waals surface area contributed by atoms with Crippen LogP contribution in [0.2, 0.25) is 0 Å². The Bertz CT molecular complexity index is 426. The lowest BCUT2D eigenvalue weighted by atomic mass is 10.2. The standard InChI is InChI=1S/C9H8N2O4S/c12-6-4-10-9(15)11(6)7(8(13)14)5-2-1-3-16-5/h1-3,7H,4H2,(H,10,15)(H,13,14). The van der Waals surface area contributed by atoms with E-state index in [1.54, 1.807) is 17.5 Å². The van der Waals surface area contributed by atoms with E-state index in [2.05, 4.69) is 5.32 Å². The van der Waals surface area contributed by atoms with E-state index in [1.807, 2.05) is 0 Å². The van der Waals surface area contributed by atoms with Crippen LogP contribution in [0.4, 0.5) is 4.79 Å². The largest absolute Gasteiger partial charge is 0.479 e. The Hall–Kier alpha value is -1.89. The Labute approximate surface area is 94.5 Å². The predicted molar refractivity (Wildman–Crippen MR) is 54.9 cm³/mol. The molecule has 0 spiro atoms. The van der Waals surface area contributed by atoms with Crippen molar-refractivity contribution in [2.45, 2.75) is 6.04 Å². The van der Waals surface area contributed by atoms with E-state index < -0.39 is 23.9 Å². The number of carbonyl (C=O) groups excluding carboxylic acids is 2. The average Bonchev–Trinajstić information content (AvgIpc) is 2.82. The van der Waals surface area contributed by atoms with Gasteiger partial charge in [-0.3, -0.25) is 4.79 Å². The number of imide groups is 1. The minimum Gasteiger partial charge on any atom is -0.479 e. The van der Waals surface area contributed by atoms with Gasteiger partial charge in [-0.15, -0.1) is 11.3 Å². The van der Waals surface area contributed by atoms with Gasteiger partial charge in [-0.25, -0.2) is 14.5 Å². The summed E-state index contributed by atoms with van der Waals surface area (Å²) < 4.78 is 0. The molecular weight excluding hydrogens is 232 g/mol. The third-order valence-corrected chi connectivity index (χ3v) is 3.11. The monoisotopic (exact) mass is 240 g/mol. The number of aliphatic carboxylic acids is 1. The van der Waals surface area contributed by atoms with E-state index in [-0.39, 0.29) is 6.54 Å². The fraction of sp³-hybridized carbons (Fsp3) is 0.222. The summed E-state index contributed by atoms with van der Waals surface area (Å²) in [6.45, 7) is -0.145. The molecule has 0 aromatic carbocycles. The normalized spacial score (nSPS) is 17.4. The molecule has 2 rings (SSSR count). The van der Waals surface area contributed by atoms with E-state index in [4.69, 9.17) is 5.11 Å². The summed E-state index contributed by atoms with van der Waals surface area (Å²) in [5, 5.41) is 13.1. The maximum atomic E-state index is 11.4. The molecule has 2 heterocycles. The highest BCUT2D eigenvalue weighted by Gasteiger charge is 2.40. The van der Waals surface area contributed by atoms with Gasteiger partial charge in [0.25, 0.3) is 5.91 Å². The molecule has 1 fully saturated rings. The Morgan fingerprint density at radius 1 is 1.56 bits per heavy atom. The van der Waals surface area contributed by atoms with E-state index in [0.717, 1.165) is 4.90 Å². The fourth-order valence-corrected chi connectivity index (χ4v) is 2.31. The first kappa shape index (κ1) is 10.6. The number of amides is 3. The van der Waals surface area contributed by atoms with Crippen LogP contribution in [-0.4, -0.2) is 34.5 Å². The fourth-order valence-electron chi connectivity index (χ4n) is 1.50. The van der Waals surface area contributed by atoms with Gasteiger partial charge in [0.1, 0.15) is 0 Å². The Kier molecular flexibility index (Phi) is 2.61. The second-order valence-corrected chi connectivity index (χ2v) is 4.16. The molecule has 3 amide bonds. The molecule has 1 atom stereocenters. The van der Waals surface area contributed by atoms with Crippen LogP contribution in [0.25, 0.3) is 0 Å². The van der Waals surface area contributed by atoms with Crippen molar-refractivity contribution >= 4 is 29.2 Å². The summed E-state index contributed by atoms with van der Waals surface area (Å²) in [7, 11) is 0. The SMILES string of the molecule is O=C(O)C(c1cccs1)N1C(=O)CNC1=O. The van der Waals surface area contributed by atoms with Crippen LogP contribution in [0.3, 0.4) is 0 Å². The average molecular weight is 240 g/mol. The van der Waals surface area contributed by atoms with Crippen LogP contribution in [0.5, 0.6) is 0 Å². The van der Waals surface area contributed by atoms with Gasteiger partial charge < -0.3 is 10.4 Å². The summed E-state index contributed by atoms with van der Waals surface area (Å²) >= 11 is 1.20. The van der Waals surface area contributed by atoms with E-state index in [0.29, 0.717) is 4.88 Å². The van der Waals surface area contributed by atoms with Crippen LogP contribution in [0.1, 0.15) is 10.9 Å². The van der Waals surface area contributed by atoms with Gasteiger partial charge in [-0.1, -0.05) is 6.07 Å². The van der Waals surface area contributed by atoms with Gasteiger partial charge in [0, 0.05) is 4.88 Å². The summed E-state index contributed by atoms with van der Waals surface area (Å²) in [5.41, 5.74) is 0. The number of nitrogens with zero attached hydrogens (tertiary/aromatic N) is 1. The van der Waals surface area contributed by atoms with Crippen molar-refractivity contribution in [2.24, 2.45) is 0 Å². The molecule has 2 N–H and O–H groups in total. The van der Waals surface area contributed by atoms with Crippen molar-refractivity contribution in [3.63, 3.8) is 0 Å². The second kappa shape index (κ2) is 3.93. The quantitative estimate of drug-likeness (QED) is 0.750. The molecule has 84 valence electrons. The Morgan fingerprint density at radius 2 is 2.31 bits per heavy atom. The molecule has 16 heavy (non-hydrogen) atoms. The highest BCUT2D eigenvalue weighted by Crippen LogP contribution is 2.26. The van der Waals surface area contributed by atoms with Crippen LogP contribution in [0, 0.1) is 0 Å². The zero-order valence-corrected chi connectivity index (χ0v) is 8.86. The highest BCUT2D eigenvalue weighted by molar-refractivity contribution is 7.10. The molecule has 0 radical (unpaired) electrons. The van der Waals surface area contributed by atoms with E-state index in [9.17, 15) is 14.4 Å². The lowest BCUT2D eigenvalue weighted by molar-refractivity contribution is -0.146. The molecular formula is C9H8N2O4S. The van der Waals surface area contributed by atoms with Gasteiger partial charge in [-0.2, -0.15) is 0 Å². The topological polar surface area (TPSA) is 86.7 Å². The van der Waals surface area contributed by atoms with Gasteiger partial charge in [0.05, 0.1) is 6.54 Å². The molecule has 0 aliphatic carbocycles. The number of hydrogen-bond acceptors (Lipinski definition) is 4. The molecule has 1 saturated heterocycles. The second-order valence-electron chi connectivity index (χ2n) is 3.18. The number of hydrogen-bond donors (Lipinski definition) is 2. The molecule has 1 aliphatic rings. The van der Waals surface area contributed by atoms with Gasteiger partial charge in [-0.05, 0) is 11.4 Å². The number of thiophene rings is 1. The lowest BCUT2D eigenvalue weighted by Gasteiger charge is -2.19. The van der Waals surface area contributed by atoms with Crippen molar-refractivity contribution in [2.75, 3.05) is 6.54 Å². The van der Waals surface area contributed by atoms with Crippen LogP contribution < -0.4 is 5.32 Å². The zero-order valence-electron chi connectivity index (χ0n) is 8.04. The summed E-state index contributed by atoms with van der Waals surface area (Å²) in [4.78, 5) is 35.1.